The van der Waals surface area contributed by atoms with Gasteiger partial charge in [-0.15, -0.1) is 0 Å². The molecule has 0 aromatic heterocycles. The molecule has 0 radical (unpaired) electrons. The van der Waals surface area contributed by atoms with Gasteiger partial charge in [0.05, 0.1) is 11.4 Å². The maximum atomic E-state index is 13.5. The summed E-state index contributed by atoms with van der Waals surface area (Å²) in [4.78, 5) is 4.05. The van der Waals surface area contributed by atoms with Crippen LogP contribution < -0.4 is 15.4 Å². The number of halogens is 1. The Morgan fingerprint density at radius 1 is 1.19 bits per heavy atom. The second-order valence-corrected chi connectivity index (χ2v) is 7.97. The van der Waals surface area contributed by atoms with Crippen molar-refractivity contribution < 1.29 is 17.5 Å². The van der Waals surface area contributed by atoms with Crippen LogP contribution in [0.1, 0.15) is 31.7 Å². The Kier molecular flexibility index (Phi) is 10.7. The Balaban J connectivity index is 2.29. The van der Waals surface area contributed by atoms with Crippen molar-refractivity contribution in [1.29, 1.82) is 0 Å². The average Bonchev–Trinajstić information content (AvgIpc) is 2.62. The molecule has 3 N–H and O–H groups in total. The number of nitrogens with one attached hydrogen (secondary N) is 3. The van der Waals surface area contributed by atoms with Gasteiger partial charge in [0, 0.05) is 33.4 Å². The number of aliphatic imine (C=N–C) groups is 1. The number of hydrogen-bond donors (Lipinski definition) is 3. The third-order valence-electron chi connectivity index (χ3n) is 3.73. The molecule has 0 aliphatic rings. The van der Waals surface area contributed by atoms with Gasteiger partial charge in [0.15, 0.2) is 5.96 Å². The van der Waals surface area contributed by atoms with Gasteiger partial charge in [-0.3, -0.25) is 9.71 Å². The van der Waals surface area contributed by atoms with Crippen molar-refractivity contribution in [3.8, 4) is 0 Å². The van der Waals surface area contributed by atoms with Gasteiger partial charge < -0.3 is 15.4 Å². The molecule has 1 aromatic rings. The van der Waals surface area contributed by atoms with Crippen LogP contribution in [0.4, 0.5) is 10.1 Å². The minimum Gasteiger partial charge on any atom is -0.381 e. The number of nitrogens with zero attached hydrogens (tertiary/aromatic N) is 1. The maximum Gasteiger partial charge on any atom is 0.234 e. The lowest BCUT2D eigenvalue weighted by atomic mass is 10.2. The largest absolute Gasteiger partial charge is 0.381 e. The van der Waals surface area contributed by atoms with E-state index in [4.69, 9.17) is 4.74 Å². The molecule has 0 saturated heterocycles. The molecule has 0 bridgehead atoms. The Bertz CT molecular complexity index is 696. The fourth-order valence-electron chi connectivity index (χ4n) is 2.14. The number of aryl methyl sites for hydroxylation is 1. The van der Waals surface area contributed by atoms with Crippen molar-refractivity contribution in [3.05, 3.63) is 29.6 Å². The van der Waals surface area contributed by atoms with Crippen LogP contribution in [0.5, 0.6) is 0 Å². The van der Waals surface area contributed by atoms with Crippen LogP contribution in [-0.2, 0) is 14.8 Å². The van der Waals surface area contributed by atoms with E-state index < -0.39 is 15.8 Å². The summed E-state index contributed by atoms with van der Waals surface area (Å²) in [6.45, 7) is 6.05. The van der Waals surface area contributed by atoms with E-state index in [0.29, 0.717) is 24.7 Å². The first-order chi connectivity index (χ1) is 12.9. The van der Waals surface area contributed by atoms with Crippen molar-refractivity contribution in [1.82, 2.24) is 10.6 Å². The third kappa shape index (κ3) is 10.1. The summed E-state index contributed by atoms with van der Waals surface area (Å²) in [5, 5.41) is 6.05. The second-order valence-electron chi connectivity index (χ2n) is 6.13. The lowest BCUT2D eigenvalue weighted by molar-refractivity contribution is 0.129. The molecule has 1 rings (SSSR count). The number of rotatable bonds is 12. The number of anilines is 1. The number of benzene rings is 1. The molecule has 0 unspecified atom stereocenters. The number of ether oxygens (including phenoxy) is 1. The van der Waals surface area contributed by atoms with Crippen LogP contribution in [-0.4, -0.2) is 53.5 Å². The summed E-state index contributed by atoms with van der Waals surface area (Å²) in [5.74, 6) is -0.0831. The Morgan fingerprint density at radius 3 is 2.56 bits per heavy atom. The van der Waals surface area contributed by atoms with Crippen LogP contribution in [0.25, 0.3) is 0 Å². The van der Waals surface area contributed by atoms with Gasteiger partial charge in [-0.2, -0.15) is 0 Å². The predicted octanol–water partition coefficient (Wildman–Crippen LogP) is 2.25. The zero-order chi connectivity index (χ0) is 20.1. The summed E-state index contributed by atoms with van der Waals surface area (Å²) < 4.78 is 45.6. The molecule has 0 heterocycles. The number of hydrogen-bond acceptors (Lipinski definition) is 4. The highest BCUT2D eigenvalue weighted by Crippen LogP contribution is 2.14. The summed E-state index contributed by atoms with van der Waals surface area (Å²) >= 11 is 0. The lowest BCUT2D eigenvalue weighted by Gasteiger charge is -2.13. The van der Waals surface area contributed by atoms with E-state index in [1.807, 2.05) is 0 Å². The fourth-order valence-corrected chi connectivity index (χ4v) is 3.10. The monoisotopic (exact) mass is 402 g/mol. The highest BCUT2D eigenvalue weighted by Gasteiger charge is 2.11. The van der Waals surface area contributed by atoms with E-state index in [9.17, 15) is 12.8 Å². The molecule has 0 saturated carbocycles. The van der Waals surface area contributed by atoms with E-state index in [0.717, 1.165) is 25.9 Å². The Hall–Kier alpha value is -1.87. The van der Waals surface area contributed by atoms with Crippen LogP contribution in [0.15, 0.2) is 23.2 Å². The van der Waals surface area contributed by atoms with Crippen molar-refractivity contribution >= 4 is 21.7 Å². The Morgan fingerprint density at radius 2 is 1.89 bits per heavy atom. The first-order valence-electron chi connectivity index (χ1n) is 9.17. The van der Waals surface area contributed by atoms with Crippen LogP contribution >= 0.6 is 0 Å². The predicted molar refractivity (Wildman–Crippen MR) is 108 cm³/mol. The number of sulfonamides is 1. The fraction of sp³-hybridized carbons (Fsp3) is 0.611. The summed E-state index contributed by atoms with van der Waals surface area (Å²) in [6, 6.07) is 4.24. The maximum absolute atomic E-state index is 13.5. The molecule has 7 nitrogen and oxygen atoms in total. The number of guanidine groups is 1. The minimum atomic E-state index is -3.59. The standard InChI is InChI=1S/C18H31FN4O3S/c1-4-5-11-26-12-6-9-21-18(20-3)22-10-13-27(24,25)23-16-8-7-15(2)17(19)14-16/h7-8,14,23H,4-6,9-13H2,1-3H3,(H2,20,21,22). The van der Waals surface area contributed by atoms with Gasteiger partial charge in [0.1, 0.15) is 5.82 Å². The highest BCUT2D eigenvalue weighted by atomic mass is 32.2. The molecular weight excluding hydrogens is 371 g/mol. The SMILES string of the molecule is CCCCOCCCNC(=NC)NCCS(=O)(=O)Nc1ccc(C)c(F)c1. The van der Waals surface area contributed by atoms with Crippen LogP contribution in [0.3, 0.4) is 0 Å². The highest BCUT2D eigenvalue weighted by molar-refractivity contribution is 7.92. The van der Waals surface area contributed by atoms with E-state index in [-0.39, 0.29) is 18.0 Å². The molecule has 0 aliphatic heterocycles. The van der Waals surface area contributed by atoms with Crippen LogP contribution in [0.2, 0.25) is 0 Å². The van der Waals surface area contributed by atoms with Crippen LogP contribution in [0, 0.1) is 12.7 Å². The molecule has 154 valence electrons. The van der Waals surface area contributed by atoms with Crippen molar-refractivity contribution in [3.63, 3.8) is 0 Å². The normalized spacial score (nSPS) is 12.1. The zero-order valence-corrected chi connectivity index (χ0v) is 17.2. The van der Waals surface area contributed by atoms with Crippen molar-refractivity contribution in [2.75, 3.05) is 43.8 Å². The lowest BCUT2D eigenvalue weighted by Crippen LogP contribution is -2.40. The quantitative estimate of drug-likeness (QED) is 0.283. The van der Waals surface area contributed by atoms with Gasteiger partial charge in [0.25, 0.3) is 0 Å². The van der Waals surface area contributed by atoms with E-state index in [2.05, 4.69) is 27.3 Å². The second kappa shape index (κ2) is 12.5. The average molecular weight is 403 g/mol. The minimum absolute atomic E-state index is 0.163. The number of unbranched alkanes of at least 4 members (excludes halogenated alkanes) is 1. The molecule has 1 aromatic carbocycles. The topological polar surface area (TPSA) is 91.8 Å². The molecular formula is C18H31FN4O3S. The zero-order valence-electron chi connectivity index (χ0n) is 16.3. The van der Waals surface area contributed by atoms with Gasteiger partial charge in [-0.25, -0.2) is 12.8 Å². The van der Waals surface area contributed by atoms with Gasteiger partial charge in [0.2, 0.25) is 10.0 Å². The van der Waals surface area contributed by atoms with Gasteiger partial charge >= 0.3 is 0 Å². The molecule has 9 heteroatoms. The molecule has 0 fully saturated rings. The van der Waals surface area contributed by atoms with Crippen molar-refractivity contribution in [2.24, 2.45) is 4.99 Å². The molecule has 0 amide bonds. The van der Waals surface area contributed by atoms with E-state index >= 15 is 0 Å². The smallest absolute Gasteiger partial charge is 0.234 e. The van der Waals surface area contributed by atoms with Crippen molar-refractivity contribution in [2.45, 2.75) is 33.1 Å². The molecule has 0 spiro atoms. The summed E-state index contributed by atoms with van der Waals surface area (Å²) in [6.07, 6.45) is 3.02. The van der Waals surface area contributed by atoms with E-state index in [1.54, 1.807) is 14.0 Å². The van der Waals surface area contributed by atoms with E-state index in [1.165, 1.54) is 18.2 Å². The molecule has 0 atom stereocenters. The first kappa shape index (κ1) is 23.2. The molecule has 0 aliphatic carbocycles. The Labute approximate surface area is 161 Å². The summed E-state index contributed by atoms with van der Waals surface area (Å²) in [7, 11) is -1.97. The molecule has 27 heavy (non-hydrogen) atoms. The van der Waals surface area contributed by atoms with Gasteiger partial charge in [-0.05, 0) is 37.5 Å². The first-order valence-corrected chi connectivity index (χ1v) is 10.8. The third-order valence-corrected chi connectivity index (χ3v) is 5.02. The van der Waals surface area contributed by atoms with Gasteiger partial charge in [-0.1, -0.05) is 19.4 Å². The summed E-state index contributed by atoms with van der Waals surface area (Å²) in [5.41, 5.74) is 0.675.